The van der Waals surface area contributed by atoms with Crippen molar-refractivity contribution in [3.8, 4) is 0 Å². The Labute approximate surface area is 140 Å². The van der Waals surface area contributed by atoms with Gasteiger partial charge in [0.05, 0.1) is 6.61 Å². The quantitative estimate of drug-likeness (QED) is 0.282. The van der Waals surface area contributed by atoms with Crippen LogP contribution in [0.2, 0.25) is 0 Å². The van der Waals surface area contributed by atoms with Gasteiger partial charge in [-0.15, -0.1) is 24.0 Å². The van der Waals surface area contributed by atoms with E-state index in [1.165, 1.54) is 32.5 Å². The van der Waals surface area contributed by atoms with Gasteiger partial charge in [-0.3, -0.25) is 4.99 Å². The minimum Gasteiger partial charge on any atom is -0.380 e. The van der Waals surface area contributed by atoms with E-state index in [0.29, 0.717) is 0 Å². The minimum absolute atomic E-state index is 0. The molecule has 1 atom stereocenters. The summed E-state index contributed by atoms with van der Waals surface area (Å²) >= 11 is 0. The molecule has 1 aliphatic heterocycles. The molecule has 120 valence electrons. The molecule has 0 spiro atoms. The third-order valence-electron chi connectivity index (χ3n) is 3.43. The molecule has 2 N–H and O–H groups in total. The average Bonchev–Trinajstić information content (AvgIpc) is 2.86. The number of rotatable bonds is 8. The van der Waals surface area contributed by atoms with E-state index in [9.17, 15) is 0 Å². The van der Waals surface area contributed by atoms with E-state index in [1.807, 2.05) is 14.0 Å². The molecular formula is C14H31IN4O. The van der Waals surface area contributed by atoms with Crippen LogP contribution in [0.15, 0.2) is 4.99 Å². The van der Waals surface area contributed by atoms with Gasteiger partial charge in [-0.2, -0.15) is 0 Å². The first-order valence-electron chi connectivity index (χ1n) is 7.54. The fraction of sp³-hybridized carbons (Fsp3) is 0.929. The fourth-order valence-electron chi connectivity index (χ4n) is 2.45. The molecule has 1 unspecified atom stereocenters. The molecule has 0 saturated carbocycles. The van der Waals surface area contributed by atoms with Crippen LogP contribution in [-0.4, -0.2) is 63.8 Å². The van der Waals surface area contributed by atoms with Crippen molar-refractivity contribution >= 4 is 29.9 Å². The molecule has 6 heteroatoms. The van der Waals surface area contributed by atoms with E-state index >= 15 is 0 Å². The van der Waals surface area contributed by atoms with E-state index in [1.54, 1.807) is 0 Å². The highest BCUT2D eigenvalue weighted by Gasteiger charge is 2.21. The lowest BCUT2D eigenvalue weighted by atomic mass is 10.1. The predicted octanol–water partition coefficient (Wildman–Crippen LogP) is 1.54. The van der Waals surface area contributed by atoms with E-state index in [2.05, 4.69) is 27.4 Å². The first-order chi connectivity index (χ1) is 9.30. The van der Waals surface area contributed by atoms with Gasteiger partial charge >= 0.3 is 0 Å². The molecule has 0 radical (unpaired) electrons. The zero-order chi connectivity index (χ0) is 13.9. The van der Waals surface area contributed by atoms with Crippen molar-refractivity contribution < 1.29 is 4.74 Å². The summed E-state index contributed by atoms with van der Waals surface area (Å²) in [6, 6.07) is 0. The summed E-state index contributed by atoms with van der Waals surface area (Å²) in [5, 5.41) is 6.67. The van der Waals surface area contributed by atoms with Crippen LogP contribution >= 0.6 is 24.0 Å². The molecule has 1 saturated heterocycles. The molecule has 0 bridgehead atoms. The summed E-state index contributed by atoms with van der Waals surface area (Å²) in [7, 11) is 1.81. The van der Waals surface area contributed by atoms with Crippen LogP contribution in [-0.2, 0) is 4.74 Å². The monoisotopic (exact) mass is 398 g/mol. The van der Waals surface area contributed by atoms with Crippen molar-refractivity contribution in [2.45, 2.75) is 26.7 Å². The van der Waals surface area contributed by atoms with E-state index in [4.69, 9.17) is 4.74 Å². The second-order valence-electron chi connectivity index (χ2n) is 5.03. The van der Waals surface area contributed by atoms with Crippen molar-refractivity contribution in [2.24, 2.45) is 10.9 Å². The number of halogens is 1. The lowest BCUT2D eigenvalue weighted by molar-refractivity contribution is 0.152. The highest BCUT2D eigenvalue weighted by Crippen LogP contribution is 2.15. The Morgan fingerprint density at radius 2 is 2.15 bits per heavy atom. The van der Waals surface area contributed by atoms with Gasteiger partial charge in [0.25, 0.3) is 0 Å². The first kappa shape index (κ1) is 19.9. The van der Waals surface area contributed by atoms with Crippen LogP contribution in [0, 0.1) is 5.92 Å². The van der Waals surface area contributed by atoms with Crippen LogP contribution < -0.4 is 10.6 Å². The average molecular weight is 398 g/mol. The SMILES string of the molecule is CCCN1CCC(CNC(=NC)NCCOCC)C1.I. The van der Waals surface area contributed by atoms with Gasteiger partial charge in [-0.25, -0.2) is 0 Å². The molecule has 0 amide bonds. The number of hydrogen-bond donors (Lipinski definition) is 2. The van der Waals surface area contributed by atoms with Crippen LogP contribution in [0.5, 0.6) is 0 Å². The molecule has 0 aromatic carbocycles. The Kier molecular flexibility index (Phi) is 12.6. The van der Waals surface area contributed by atoms with E-state index < -0.39 is 0 Å². The van der Waals surface area contributed by atoms with Gasteiger partial charge in [0.2, 0.25) is 0 Å². The lowest BCUT2D eigenvalue weighted by Gasteiger charge is -2.17. The highest BCUT2D eigenvalue weighted by molar-refractivity contribution is 14.0. The number of nitrogens with zero attached hydrogens (tertiary/aromatic N) is 2. The van der Waals surface area contributed by atoms with Crippen LogP contribution in [0.1, 0.15) is 26.7 Å². The van der Waals surface area contributed by atoms with Crippen molar-refractivity contribution in [2.75, 3.05) is 53.0 Å². The molecule has 0 aromatic rings. The van der Waals surface area contributed by atoms with Gasteiger partial charge in [-0.05, 0) is 38.8 Å². The molecule has 1 fully saturated rings. The number of guanidine groups is 1. The van der Waals surface area contributed by atoms with Crippen LogP contribution in [0.4, 0.5) is 0 Å². The van der Waals surface area contributed by atoms with E-state index in [-0.39, 0.29) is 24.0 Å². The summed E-state index contributed by atoms with van der Waals surface area (Å²) in [5.41, 5.74) is 0. The third-order valence-corrected chi connectivity index (χ3v) is 3.43. The number of hydrogen-bond acceptors (Lipinski definition) is 3. The van der Waals surface area contributed by atoms with Crippen molar-refractivity contribution in [1.82, 2.24) is 15.5 Å². The van der Waals surface area contributed by atoms with Crippen LogP contribution in [0.3, 0.4) is 0 Å². The molecule has 5 nitrogen and oxygen atoms in total. The molecule has 1 rings (SSSR count). The second-order valence-corrected chi connectivity index (χ2v) is 5.03. The molecule has 1 aliphatic rings. The van der Waals surface area contributed by atoms with Gasteiger partial charge in [0, 0.05) is 33.3 Å². The number of ether oxygens (including phenoxy) is 1. The first-order valence-corrected chi connectivity index (χ1v) is 7.54. The van der Waals surface area contributed by atoms with Gasteiger partial charge in [0.15, 0.2) is 5.96 Å². The zero-order valence-electron chi connectivity index (χ0n) is 13.2. The largest absolute Gasteiger partial charge is 0.380 e. The molecule has 0 aliphatic carbocycles. The molecule has 0 aromatic heterocycles. The van der Waals surface area contributed by atoms with E-state index in [0.717, 1.165) is 38.2 Å². The number of likely N-dealkylation sites (tertiary alicyclic amines) is 1. The van der Waals surface area contributed by atoms with Crippen molar-refractivity contribution in [1.29, 1.82) is 0 Å². The maximum atomic E-state index is 5.30. The Balaban J connectivity index is 0.00000361. The van der Waals surface area contributed by atoms with Crippen LogP contribution in [0.25, 0.3) is 0 Å². The summed E-state index contributed by atoms with van der Waals surface area (Å²) in [6.07, 6.45) is 2.55. The summed E-state index contributed by atoms with van der Waals surface area (Å²) < 4.78 is 5.30. The lowest BCUT2D eigenvalue weighted by Crippen LogP contribution is -2.41. The highest BCUT2D eigenvalue weighted by atomic mass is 127. The Morgan fingerprint density at radius 3 is 2.80 bits per heavy atom. The van der Waals surface area contributed by atoms with Crippen molar-refractivity contribution in [3.63, 3.8) is 0 Å². The minimum atomic E-state index is 0. The topological polar surface area (TPSA) is 48.9 Å². The Morgan fingerprint density at radius 1 is 1.35 bits per heavy atom. The maximum absolute atomic E-state index is 5.30. The summed E-state index contributed by atoms with van der Waals surface area (Å²) in [6.45, 7) is 11.3. The van der Waals surface area contributed by atoms with Crippen molar-refractivity contribution in [3.05, 3.63) is 0 Å². The number of nitrogens with one attached hydrogen (secondary N) is 2. The smallest absolute Gasteiger partial charge is 0.191 e. The fourth-order valence-corrected chi connectivity index (χ4v) is 2.45. The van der Waals surface area contributed by atoms with Gasteiger partial charge in [-0.1, -0.05) is 6.92 Å². The van der Waals surface area contributed by atoms with Gasteiger partial charge < -0.3 is 20.3 Å². The van der Waals surface area contributed by atoms with Gasteiger partial charge in [0.1, 0.15) is 0 Å². The summed E-state index contributed by atoms with van der Waals surface area (Å²) in [4.78, 5) is 6.78. The zero-order valence-corrected chi connectivity index (χ0v) is 15.5. The third kappa shape index (κ3) is 8.26. The number of aliphatic imine (C=N–C) groups is 1. The normalized spacial score (nSPS) is 19.8. The summed E-state index contributed by atoms with van der Waals surface area (Å²) in [5.74, 6) is 1.63. The maximum Gasteiger partial charge on any atom is 0.191 e. The molecular weight excluding hydrogens is 367 g/mol. The Hall–Kier alpha value is -0.0800. The Bertz CT molecular complexity index is 264. The second kappa shape index (κ2) is 12.6. The predicted molar refractivity (Wildman–Crippen MR) is 96.1 cm³/mol. The standard InChI is InChI=1S/C14H30N4O.HI/c1-4-8-18-9-6-13(12-18)11-17-14(15-3)16-7-10-19-5-2;/h13H,4-12H2,1-3H3,(H2,15,16,17);1H. The molecule has 20 heavy (non-hydrogen) atoms. The molecule has 1 heterocycles.